The summed E-state index contributed by atoms with van der Waals surface area (Å²) in [6.45, 7) is 0. The van der Waals surface area contributed by atoms with E-state index in [0.29, 0.717) is 0 Å². The Morgan fingerprint density at radius 3 is 1.30 bits per heavy atom. The fourth-order valence-electron chi connectivity index (χ4n) is 1.13. The van der Waals surface area contributed by atoms with Crippen LogP contribution in [0, 0.1) is 32.7 Å². The second-order valence-electron chi connectivity index (χ2n) is 4.09. The molecule has 0 bridgehead atoms. The molecule has 0 atom stereocenters. The van der Waals surface area contributed by atoms with Gasteiger partial charge in [0.05, 0.1) is 0 Å². The van der Waals surface area contributed by atoms with Gasteiger partial charge in [0.15, 0.2) is 0 Å². The Bertz CT molecular complexity index is 815. The predicted molar refractivity (Wildman–Crippen MR) is 66.0 cm³/mol. The molecule has 0 saturated carbocycles. The van der Waals surface area contributed by atoms with Crippen LogP contribution in [0.5, 0.6) is 0 Å². The van der Waals surface area contributed by atoms with E-state index in [0.717, 1.165) is 0 Å². The summed E-state index contributed by atoms with van der Waals surface area (Å²) in [5.74, 6) is -16.0. The summed E-state index contributed by atoms with van der Waals surface area (Å²) in [6, 6.07) is 0. The third-order valence-electron chi connectivity index (χ3n) is 2.29. The Kier molecular flexibility index (Phi) is 6.29. The molecule has 0 aliphatic carbocycles. The summed E-state index contributed by atoms with van der Waals surface area (Å²) >= 11 is -7.20. The topological polar surface area (TPSA) is 43.4 Å². The second-order valence-corrected chi connectivity index (χ2v) is 10.5. The Labute approximate surface area is 147 Å². The summed E-state index contributed by atoms with van der Waals surface area (Å²) in [6.07, 6.45) is -6.96. The van der Waals surface area contributed by atoms with Gasteiger partial charge in [-0.1, -0.05) is 0 Å². The van der Waals surface area contributed by atoms with Crippen molar-refractivity contribution in [2.75, 3.05) is 0 Å². The minimum absolute atomic E-state index is 2.69. The van der Waals surface area contributed by atoms with E-state index < -0.39 is 78.6 Å². The molecule has 0 aromatic heterocycles. The SMILES string of the molecule is O=S(=O)(OI(c1c(F)c(F)c(F)c(F)c1F)C(F)(F)C(F)(F)F)C(F)(F)F. The molecule has 27 heavy (non-hydrogen) atoms. The van der Waals surface area contributed by atoms with Crippen LogP contribution in [0.25, 0.3) is 0 Å². The molecule has 158 valence electrons. The maximum atomic E-state index is 13.5. The van der Waals surface area contributed by atoms with Crippen molar-refractivity contribution in [1.29, 1.82) is 0 Å². The molecule has 1 aromatic carbocycles. The van der Waals surface area contributed by atoms with Gasteiger partial charge in [0.2, 0.25) is 0 Å². The number of rotatable bonds is 4. The van der Waals surface area contributed by atoms with Crippen molar-refractivity contribution in [2.24, 2.45) is 0 Å². The standard InChI is InChI=1S/C9F13IO3S/c10-1-2(11)4(13)6(5(14)3(1)12)23(8(18,19)7(15,16)17)26-27(24,25)9(20,21)22. The van der Waals surface area contributed by atoms with Crippen molar-refractivity contribution < 1.29 is 68.0 Å². The molecule has 0 saturated heterocycles. The average Bonchev–Trinajstić information content (AvgIpc) is 2.47. The third-order valence-corrected chi connectivity index (χ3v) is 9.42. The number of hydrogen-bond donors (Lipinski definition) is 0. The number of hydrogen-bond acceptors (Lipinski definition) is 3. The molecule has 3 nitrogen and oxygen atoms in total. The Balaban J connectivity index is 3.89. The summed E-state index contributed by atoms with van der Waals surface area (Å²) in [4.78, 5) is 0. The predicted octanol–water partition coefficient (Wildman–Crippen LogP) is 4.99. The first-order chi connectivity index (χ1) is 11.8. The van der Waals surface area contributed by atoms with E-state index in [1.54, 1.807) is 0 Å². The van der Waals surface area contributed by atoms with Gasteiger partial charge < -0.3 is 0 Å². The molecule has 0 unspecified atom stereocenters. The van der Waals surface area contributed by atoms with Crippen molar-refractivity contribution in [3.05, 3.63) is 32.7 Å². The molecule has 0 radical (unpaired) electrons. The van der Waals surface area contributed by atoms with Crippen LogP contribution < -0.4 is 0 Å². The van der Waals surface area contributed by atoms with Crippen LogP contribution in [-0.2, 0) is 12.6 Å². The van der Waals surface area contributed by atoms with E-state index in [4.69, 9.17) is 0 Å². The molecule has 0 amide bonds. The first-order valence-corrected chi connectivity index (χ1v) is 9.89. The molecule has 0 N–H and O–H groups in total. The second kappa shape index (κ2) is 7.08. The van der Waals surface area contributed by atoms with Crippen molar-refractivity contribution in [3.63, 3.8) is 0 Å². The molecule has 0 spiro atoms. The molecule has 1 rings (SSSR count). The fourth-order valence-corrected chi connectivity index (χ4v) is 7.33. The fraction of sp³-hybridized carbons (Fsp3) is 0.333. The molecule has 0 heterocycles. The van der Waals surface area contributed by atoms with Crippen LogP contribution in [0.2, 0.25) is 0 Å². The van der Waals surface area contributed by atoms with Crippen LogP contribution in [0.4, 0.5) is 57.1 Å². The van der Waals surface area contributed by atoms with Crippen LogP contribution in [0.3, 0.4) is 0 Å². The number of halogens is 14. The molecular weight excluding hydrogens is 562 g/mol. The number of benzene rings is 1. The van der Waals surface area contributed by atoms with E-state index in [1.807, 2.05) is 0 Å². The summed E-state index contributed by atoms with van der Waals surface area (Å²) < 4.78 is 181. The monoisotopic (exact) mass is 562 g/mol. The van der Waals surface area contributed by atoms with Crippen LogP contribution in [0.1, 0.15) is 0 Å². The maximum absolute atomic E-state index is 13.5. The van der Waals surface area contributed by atoms with E-state index >= 15 is 0 Å². The third kappa shape index (κ3) is 4.20. The van der Waals surface area contributed by atoms with Gasteiger partial charge in [-0.3, -0.25) is 0 Å². The van der Waals surface area contributed by atoms with Gasteiger partial charge in [0, 0.05) is 0 Å². The summed E-state index contributed by atoms with van der Waals surface area (Å²) in [5.41, 5.74) is -6.64. The molecule has 1 aromatic rings. The van der Waals surface area contributed by atoms with Gasteiger partial charge in [0.1, 0.15) is 0 Å². The van der Waals surface area contributed by atoms with Crippen LogP contribution in [-0.4, -0.2) is 24.0 Å². The first-order valence-electron chi connectivity index (χ1n) is 5.44. The number of alkyl halides is 9. The van der Waals surface area contributed by atoms with Gasteiger partial charge in [-0.15, -0.1) is 0 Å². The van der Waals surface area contributed by atoms with Crippen molar-refractivity contribution >= 4 is 30.4 Å². The van der Waals surface area contributed by atoms with E-state index in [2.05, 4.69) is 2.51 Å². The average molecular weight is 562 g/mol. The summed E-state index contributed by atoms with van der Waals surface area (Å²) in [7, 11) is -7.34. The normalized spacial score (nSPS) is 14.5. The van der Waals surface area contributed by atoms with Gasteiger partial charge in [-0.25, -0.2) is 0 Å². The molecule has 0 aliphatic rings. The van der Waals surface area contributed by atoms with Gasteiger partial charge >= 0.3 is 147 Å². The zero-order valence-corrected chi connectivity index (χ0v) is 14.4. The zero-order chi connectivity index (χ0) is 21.7. The van der Waals surface area contributed by atoms with Gasteiger partial charge in [-0.2, -0.15) is 0 Å². The molecule has 0 aliphatic heterocycles. The zero-order valence-electron chi connectivity index (χ0n) is 11.4. The van der Waals surface area contributed by atoms with Crippen molar-refractivity contribution in [2.45, 2.75) is 15.6 Å². The first kappa shape index (κ1) is 24.0. The minimum atomic E-state index is -7.34. The Hall–Kier alpha value is -1.05. The van der Waals surface area contributed by atoms with Crippen LogP contribution in [0.15, 0.2) is 0 Å². The van der Waals surface area contributed by atoms with E-state index in [1.165, 1.54) is 0 Å². The van der Waals surface area contributed by atoms with Crippen molar-refractivity contribution in [3.8, 4) is 0 Å². The van der Waals surface area contributed by atoms with E-state index in [9.17, 15) is 65.5 Å². The quantitative estimate of drug-likeness (QED) is 0.130. The molecular formula is C9F13IO3S. The van der Waals surface area contributed by atoms with Crippen molar-refractivity contribution in [1.82, 2.24) is 0 Å². The molecule has 0 fully saturated rings. The van der Waals surface area contributed by atoms with Gasteiger partial charge in [0.25, 0.3) is 0 Å². The Morgan fingerprint density at radius 1 is 0.667 bits per heavy atom. The van der Waals surface area contributed by atoms with E-state index in [-0.39, 0.29) is 0 Å². The van der Waals surface area contributed by atoms with Gasteiger partial charge in [-0.05, 0) is 0 Å². The molecule has 18 heteroatoms. The Morgan fingerprint density at radius 2 is 1.00 bits per heavy atom. The summed E-state index contributed by atoms with van der Waals surface area (Å²) in [5, 5.41) is 0. The van der Waals surface area contributed by atoms with Crippen LogP contribution >= 0.6 is 20.2 Å².